The van der Waals surface area contributed by atoms with Gasteiger partial charge in [0.15, 0.2) is 6.10 Å². The van der Waals surface area contributed by atoms with Crippen LogP contribution >= 0.6 is 11.6 Å². The number of carbonyl (C=O) groups is 3. The number of amides is 1. The van der Waals surface area contributed by atoms with E-state index in [9.17, 15) is 29.0 Å². The summed E-state index contributed by atoms with van der Waals surface area (Å²) in [5.41, 5.74) is 0.454. The average molecular weight is 472 g/mol. The number of carbonyl (C=O) groups excluding carboxylic acids is 1. The number of carboxylic acid groups (broad SMARTS) is 2. The summed E-state index contributed by atoms with van der Waals surface area (Å²) in [6, 6.07) is 16.0. The molecule has 3 rings (SSSR count). The molecule has 0 heterocycles. The molecule has 0 radical (unpaired) electrons. The summed E-state index contributed by atoms with van der Waals surface area (Å²) < 4.78 is 15.0. The number of carboxylic acids is 2. The van der Waals surface area contributed by atoms with Gasteiger partial charge < -0.3 is 20.2 Å². The quantitative estimate of drug-likeness (QED) is 0.458. The number of rotatable bonds is 8. The number of aliphatic carboxylic acids is 1. The van der Waals surface area contributed by atoms with Gasteiger partial charge in [0.05, 0.1) is 12.1 Å². The molecule has 0 fully saturated rings. The molecule has 1 amide bonds. The van der Waals surface area contributed by atoms with E-state index < -0.39 is 36.3 Å². The summed E-state index contributed by atoms with van der Waals surface area (Å²) in [6.07, 6.45) is -1.86. The van der Waals surface area contributed by atoms with Gasteiger partial charge in [-0.3, -0.25) is 4.79 Å². The van der Waals surface area contributed by atoms with Gasteiger partial charge in [-0.1, -0.05) is 54.1 Å². The lowest BCUT2D eigenvalue weighted by atomic mass is 9.97. The molecule has 0 spiro atoms. The van der Waals surface area contributed by atoms with Crippen LogP contribution in [0.3, 0.4) is 0 Å². The van der Waals surface area contributed by atoms with E-state index in [0.29, 0.717) is 10.6 Å². The minimum atomic E-state index is -1.86. The molecular weight excluding hydrogens is 453 g/mol. The lowest BCUT2D eigenvalue weighted by Gasteiger charge is -2.25. The van der Waals surface area contributed by atoms with Crippen molar-refractivity contribution >= 4 is 29.4 Å². The lowest BCUT2D eigenvalue weighted by Crippen LogP contribution is -2.40. The maximum atomic E-state index is 15.0. The predicted molar refractivity (Wildman–Crippen MR) is 119 cm³/mol. The largest absolute Gasteiger partial charge is 0.479 e. The van der Waals surface area contributed by atoms with E-state index in [4.69, 9.17) is 16.7 Å². The number of aromatic carboxylic acids is 1. The molecule has 0 saturated carbocycles. The van der Waals surface area contributed by atoms with Crippen molar-refractivity contribution in [3.05, 3.63) is 94.3 Å². The van der Waals surface area contributed by atoms with Crippen molar-refractivity contribution in [3.8, 4) is 11.1 Å². The van der Waals surface area contributed by atoms with Crippen molar-refractivity contribution in [2.45, 2.75) is 12.6 Å². The third-order valence-corrected chi connectivity index (χ3v) is 5.32. The van der Waals surface area contributed by atoms with Crippen LogP contribution in [-0.4, -0.2) is 50.7 Å². The Morgan fingerprint density at radius 2 is 1.61 bits per heavy atom. The Kier molecular flexibility index (Phi) is 7.42. The van der Waals surface area contributed by atoms with Gasteiger partial charge in [-0.15, -0.1) is 0 Å². The molecule has 0 aliphatic rings. The van der Waals surface area contributed by atoms with Gasteiger partial charge in [-0.25, -0.2) is 14.0 Å². The minimum Gasteiger partial charge on any atom is -0.479 e. The van der Waals surface area contributed by atoms with E-state index >= 15 is 0 Å². The van der Waals surface area contributed by atoms with E-state index in [1.54, 1.807) is 30.3 Å². The maximum absolute atomic E-state index is 15.0. The highest BCUT2D eigenvalue weighted by atomic mass is 35.5. The smallest absolute Gasteiger partial charge is 0.336 e. The van der Waals surface area contributed by atoms with Crippen LogP contribution in [0.2, 0.25) is 5.02 Å². The molecule has 9 heteroatoms. The summed E-state index contributed by atoms with van der Waals surface area (Å²) in [4.78, 5) is 36.8. The Morgan fingerprint density at radius 3 is 2.24 bits per heavy atom. The second-order valence-corrected chi connectivity index (χ2v) is 7.58. The highest BCUT2D eigenvalue weighted by molar-refractivity contribution is 6.31. The molecule has 3 N–H and O–H groups in total. The van der Waals surface area contributed by atoms with Gasteiger partial charge in [0.25, 0.3) is 5.91 Å². The number of nitrogens with zero attached hydrogens (tertiary/aromatic N) is 1. The van der Waals surface area contributed by atoms with Crippen LogP contribution in [0.1, 0.15) is 26.3 Å². The molecule has 0 aliphatic heterocycles. The summed E-state index contributed by atoms with van der Waals surface area (Å²) in [6.45, 7) is -0.668. The molecule has 1 atom stereocenters. The maximum Gasteiger partial charge on any atom is 0.336 e. The number of aliphatic hydroxyl groups excluding tert-OH is 1. The third kappa shape index (κ3) is 5.54. The molecule has 3 aromatic carbocycles. The Labute approximate surface area is 193 Å². The first-order valence-electron chi connectivity index (χ1n) is 9.75. The van der Waals surface area contributed by atoms with E-state index in [0.717, 1.165) is 11.0 Å². The fourth-order valence-electron chi connectivity index (χ4n) is 3.29. The van der Waals surface area contributed by atoms with Crippen molar-refractivity contribution in [2.24, 2.45) is 0 Å². The first-order chi connectivity index (χ1) is 15.7. The fraction of sp³-hybridized carbons (Fsp3) is 0.125. The number of hydrogen-bond donors (Lipinski definition) is 3. The zero-order valence-corrected chi connectivity index (χ0v) is 17.9. The molecule has 0 bridgehead atoms. The Bertz CT molecular complexity index is 1220. The highest BCUT2D eigenvalue weighted by Crippen LogP contribution is 2.28. The van der Waals surface area contributed by atoms with Crippen LogP contribution in [0.15, 0.2) is 66.7 Å². The number of aliphatic hydroxyl groups is 1. The molecule has 0 unspecified atom stereocenters. The van der Waals surface area contributed by atoms with E-state index in [-0.39, 0.29) is 28.8 Å². The monoisotopic (exact) mass is 471 g/mol. The van der Waals surface area contributed by atoms with Crippen LogP contribution in [-0.2, 0) is 11.3 Å². The third-order valence-electron chi connectivity index (χ3n) is 4.95. The van der Waals surface area contributed by atoms with E-state index in [1.807, 2.05) is 0 Å². The standard InChI is InChI=1S/C24H19ClFNO6/c25-19-8-4-1-5-15(19)12-27(13-21(28)24(32)33)22(29)14-9-10-17(20(26)11-14)16-6-2-3-7-18(16)23(30)31/h1-11,21,28H,12-13H2,(H,30,31)(H,32,33)/t21-/m1/s1. The van der Waals surface area contributed by atoms with Crippen LogP contribution in [0.4, 0.5) is 4.39 Å². The zero-order chi connectivity index (χ0) is 24.1. The van der Waals surface area contributed by atoms with Gasteiger partial charge in [-0.05, 0) is 35.4 Å². The van der Waals surface area contributed by atoms with Gasteiger partial charge in [0.2, 0.25) is 0 Å². The number of hydrogen-bond acceptors (Lipinski definition) is 4. The first kappa shape index (κ1) is 23.9. The Hall–Kier alpha value is -3.75. The van der Waals surface area contributed by atoms with Crippen molar-refractivity contribution in [2.75, 3.05) is 6.54 Å². The van der Waals surface area contributed by atoms with Crippen molar-refractivity contribution in [3.63, 3.8) is 0 Å². The van der Waals surface area contributed by atoms with Crippen molar-refractivity contribution in [1.82, 2.24) is 4.90 Å². The summed E-state index contributed by atoms with van der Waals surface area (Å²) in [5.74, 6) is -4.30. The molecular formula is C24H19ClFNO6. The minimum absolute atomic E-state index is 0.00669. The number of benzene rings is 3. The van der Waals surface area contributed by atoms with Gasteiger partial charge in [0, 0.05) is 22.7 Å². The fourth-order valence-corrected chi connectivity index (χ4v) is 3.49. The Morgan fingerprint density at radius 1 is 0.939 bits per heavy atom. The summed E-state index contributed by atoms with van der Waals surface area (Å²) in [7, 11) is 0. The second-order valence-electron chi connectivity index (χ2n) is 7.18. The molecule has 0 aliphatic carbocycles. The van der Waals surface area contributed by atoms with Crippen LogP contribution < -0.4 is 0 Å². The van der Waals surface area contributed by atoms with Crippen LogP contribution in [0.5, 0.6) is 0 Å². The SMILES string of the molecule is O=C(O)c1ccccc1-c1ccc(C(=O)N(Cc2ccccc2Cl)C[C@@H](O)C(=O)O)cc1F. The normalized spacial score (nSPS) is 11.6. The summed E-state index contributed by atoms with van der Waals surface area (Å²) in [5, 5.41) is 28.6. The molecule has 0 saturated heterocycles. The van der Waals surface area contributed by atoms with Gasteiger partial charge in [-0.2, -0.15) is 0 Å². The predicted octanol–water partition coefficient (Wildman–Crippen LogP) is 3.93. The second kappa shape index (κ2) is 10.2. The van der Waals surface area contributed by atoms with E-state index in [2.05, 4.69) is 0 Å². The zero-order valence-electron chi connectivity index (χ0n) is 17.1. The lowest BCUT2D eigenvalue weighted by molar-refractivity contribution is -0.147. The van der Waals surface area contributed by atoms with Crippen molar-refractivity contribution < 1.29 is 34.1 Å². The Balaban J connectivity index is 1.96. The molecule has 3 aromatic rings. The van der Waals surface area contributed by atoms with Crippen molar-refractivity contribution in [1.29, 1.82) is 0 Å². The van der Waals surface area contributed by atoms with E-state index in [1.165, 1.54) is 30.3 Å². The van der Waals surface area contributed by atoms with Gasteiger partial charge >= 0.3 is 11.9 Å². The first-order valence-corrected chi connectivity index (χ1v) is 10.1. The molecule has 0 aromatic heterocycles. The molecule has 33 heavy (non-hydrogen) atoms. The number of halogens is 2. The molecule has 7 nitrogen and oxygen atoms in total. The van der Waals surface area contributed by atoms with Crippen LogP contribution in [0, 0.1) is 5.82 Å². The van der Waals surface area contributed by atoms with Gasteiger partial charge in [0.1, 0.15) is 5.82 Å². The highest BCUT2D eigenvalue weighted by Gasteiger charge is 2.25. The summed E-state index contributed by atoms with van der Waals surface area (Å²) >= 11 is 6.15. The van der Waals surface area contributed by atoms with Crippen LogP contribution in [0.25, 0.3) is 11.1 Å². The average Bonchev–Trinajstić information content (AvgIpc) is 2.79. The molecule has 170 valence electrons. The topological polar surface area (TPSA) is 115 Å².